The first-order valence-corrected chi connectivity index (χ1v) is 9.33. The van der Waals surface area contributed by atoms with Crippen LogP contribution < -0.4 is 20.1 Å². The Morgan fingerprint density at radius 2 is 1.62 bits per heavy atom. The van der Waals surface area contributed by atoms with Gasteiger partial charge < -0.3 is 20.1 Å². The minimum Gasteiger partial charge on any atom is -0.493 e. The smallest absolute Gasteiger partial charge is 0.253 e. The Kier molecular flexibility index (Phi) is 6.68. The van der Waals surface area contributed by atoms with Gasteiger partial charge in [-0.3, -0.25) is 4.79 Å². The lowest BCUT2D eigenvalue weighted by molar-refractivity contribution is 0.0950. The molecule has 0 aliphatic carbocycles. The molecule has 2 N–H and O–H groups in total. The van der Waals surface area contributed by atoms with Gasteiger partial charge >= 0.3 is 0 Å². The molecular formula is C23H25N3O3. The van der Waals surface area contributed by atoms with Crippen LogP contribution in [-0.4, -0.2) is 25.1 Å². The van der Waals surface area contributed by atoms with Gasteiger partial charge in [0.25, 0.3) is 5.91 Å². The molecule has 0 saturated heterocycles. The minimum atomic E-state index is -0.183. The normalized spacial score (nSPS) is 10.3. The standard InChI is InChI=1S/C23H25N3O3/c1-16-4-6-17(7-5-16)13-24-22-11-9-19(15-25-22)23(27)26-14-18-8-10-20(28-2)21(12-18)29-3/h4-12,15H,13-14H2,1-3H3,(H,24,25)(H,26,27). The summed E-state index contributed by atoms with van der Waals surface area (Å²) in [6.07, 6.45) is 1.57. The molecule has 0 radical (unpaired) electrons. The number of anilines is 1. The van der Waals surface area contributed by atoms with Gasteiger partial charge in [0.15, 0.2) is 11.5 Å². The van der Waals surface area contributed by atoms with Crippen LogP contribution >= 0.6 is 0 Å². The van der Waals surface area contributed by atoms with Crippen LogP contribution in [0.3, 0.4) is 0 Å². The second-order valence-corrected chi connectivity index (χ2v) is 6.64. The van der Waals surface area contributed by atoms with E-state index in [-0.39, 0.29) is 5.91 Å². The lowest BCUT2D eigenvalue weighted by atomic mass is 10.1. The van der Waals surface area contributed by atoms with E-state index in [1.807, 2.05) is 18.2 Å². The molecule has 0 saturated carbocycles. The summed E-state index contributed by atoms with van der Waals surface area (Å²) in [6.45, 7) is 3.12. The predicted octanol–water partition coefficient (Wildman–Crippen LogP) is 3.95. The zero-order chi connectivity index (χ0) is 20.6. The molecule has 6 nitrogen and oxygen atoms in total. The highest BCUT2D eigenvalue weighted by molar-refractivity contribution is 5.94. The van der Waals surface area contributed by atoms with Crippen molar-refractivity contribution in [1.29, 1.82) is 0 Å². The van der Waals surface area contributed by atoms with Crippen molar-refractivity contribution in [2.24, 2.45) is 0 Å². The number of rotatable bonds is 8. The number of hydrogen-bond acceptors (Lipinski definition) is 5. The van der Waals surface area contributed by atoms with Gasteiger partial charge in [-0.25, -0.2) is 4.98 Å². The van der Waals surface area contributed by atoms with Crippen molar-refractivity contribution in [2.75, 3.05) is 19.5 Å². The Labute approximate surface area is 170 Å². The number of methoxy groups -OCH3 is 2. The van der Waals surface area contributed by atoms with Crippen molar-refractivity contribution in [3.8, 4) is 11.5 Å². The number of ether oxygens (including phenoxy) is 2. The number of nitrogens with zero attached hydrogens (tertiary/aromatic N) is 1. The van der Waals surface area contributed by atoms with E-state index in [0.29, 0.717) is 30.2 Å². The highest BCUT2D eigenvalue weighted by Gasteiger charge is 2.08. The van der Waals surface area contributed by atoms with Crippen LogP contribution in [0.1, 0.15) is 27.0 Å². The number of amides is 1. The van der Waals surface area contributed by atoms with Crippen LogP contribution in [-0.2, 0) is 13.1 Å². The molecule has 0 bridgehead atoms. The number of benzene rings is 2. The summed E-state index contributed by atoms with van der Waals surface area (Å²) < 4.78 is 10.5. The molecule has 0 aliphatic rings. The molecule has 1 aromatic heterocycles. The van der Waals surface area contributed by atoms with Gasteiger partial charge in [-0.05, 0) is 42.3 Å². The van der Waals surface area contributed by atoms with E-state index < -0.39 is 0 Å². The second-order valence-electron chi connectivity index (χ2n) is 6.64. The molecule has 1 heterocycles. The molecule has 0 aliphatic heterocycles. The number of nitrogens with one attached hydrogen (secondary N) is 2. The Morgan fingerprint density at radius 1 is 0.897 bits per heavy atom. The summed E-state index contributed by atoms with van der Waals surface area (Å²) in [5.41, 5.74) is 3.83. The summed E-state index contributed by atoms with van der Waals surface area (Å²) in [5.74, 6) is 1.82. The maximum atomic E-state index is 12.4. The van der Waals surface area contributed by atoms with Crippen molar-refractivity contribution in [3.63, 3.8) is 0 Å². The number of hydrogen-bond donors (Lipinski definition) is 2. The fourth-order valence-electron chi connectivity index (χ4n) is 2.81. The lowest BCUT2D eigenvalue weighted by Gasteiger charge is -2.11. The van der Waals surface area contributed by atoms with E-state index in [2.05, 4.69) is 46.8 Å². The fraction of sp³-hybridized carbons (Fsp3) is 0.217. The number of pyridine rings is 1. The van der Waals surface area contributed by atoms with Crippen LogP contribution in [0, 0.1) is 6.92 Å². The third kappa shape index (κ3) is 5.48. The Morgan fingerprint density at radius 3 is 2.28 bits per heavy atom. The van der Waals surface area contributed by atoms with Gasteiger partial charge in [0.1, 0.15) is 5.82 Å². The van der Waals surface area contributed by atoms with Gasteiger partial charge in [0.2, 0.25) is 0 Å². The van der Waals surface area contributed by atoms with Crippen LogP contribution in [0.4, 0.5) is 5.82 Å². The summed E-state index contributed by atoms with van der Waals surface area (Å²) in [4.78, 5) is 16.7. The van der Waals surface area contributed by atoms with E-state index in [1.165, 1.54) is 11.1 Å². The van der Waals surface area contributed by atoms with Crippen molar-refractivity contribution in [3.05, 3.63) is 83.0 Å². The largest absolute Gasteiger partial charge is 0.493 e. The molecule has 0 atom stereocenters. The SMILES string of the molecule is COc1ccc(CNC(=O)c2ccc(NCc3ccc(C)cc3)nc2)cc1OC. The molecule has 0 fully saturated rings. The summed E-state index contributed by atoms with van der Waals surface area (Å²) in [7, 11) is 3.17. The molecule has 0 unspecified atom stereocenters. The molecule has 6 heteroatoms. The van der Waals surface area contributed by atoms with Gasteiger partial charge in [-0.15, -0.1) is 0 Å². The van der Waals surface area contributed by atoms with Crippen LogP contribution in [0.25, 0.3) is 0 Å². The average molecular weight is 391 g/mol. The lowest BCUT2D eigenvalue weighted by Crippen LogP contribution is -2.23. The van der Waals surface area contributed by atoms with E-state index in [4.69, 9.17) is 9.47 Å². The fourth-order valence-corrected chi connectivity index (χ4v) is 2.81. The van der Waals surface area contributed by atoms with E-state index in [0.717, 1.165) is 11.4 Å². The molecular weight excluding hydrogens is 366 g/mol. The van der Waals surface area contributed by atoms with Crippen LogP contribution in [0.5, 0.6) is 11.5 Å². The third-order valence-electron chi connectivity index (χ3n) is 4.52. The molecule has 3 aromatic rings. The summed E-state index contributed by atoms with van der Waals surface area (Å²) in [6, 6.07) is 17.4. The first-order chi connectivity index (χ1) is 14.1. The topological polar surface area (TPSA) is 72.5 Å². The number of carbonyl (C=O) groups excluding carboxylic acids is 1. The zero-order valence-electron chi connectivity index (χ0n) is 16.9. The molecule has 150 valence electrons. The highest BCUT2D eigenvalue weighted by atomic mass is 16.5. The van der Waals surface area contributed by atoms with Crippen LogP contribution in [0.15, 0.2) is 60.8 Å². The molecule has 1 amide bonds. The van der Waals surface area contributed by atoms with E-state index in [1.54, 1.807) is 32.5 Å². The van der Waals surface area contributed by atoms with Crippen LogP contribution in [0.2, 0.25) is 0 Å². The second kappa shape index (κ2) is 9.59. The van der Waals surface area contributed by atoms with E-state index >= 15 is 0 Å². The average Bonchev–Trinajstić information content (AvgIpc) is 2.77. The molecule has 0 spiro atoms. The minimum absolute atomic E-state index is 0.183. The Balaban J connectivity index is 1.54. The maximum Gasteiger partial charge on any atom is 0.253 e. The zero-order valence-corrected chi connectivity index (χ0v) is 16.9. The van der Waals surface area contributed by atoms with Gasteiger partial charge in [-0.1, -0.05) is 35.9 Å². The van der Waals surface area contributed by atoms with Crippen molar-refractivity contribution in [1.82, 2.24) is 10.3 Å². The quantitative estimate of drug-likeness (QED) is 0.608. The maximum absolute atomic E-state index is 12.4. The Bertz CT molecular complexity index is 954. The van der Waals surface area contributed by atoms with Crippen molar-refractivity contribution < 1.29 is 14.3 Å². The first kappa shape index (κ1) is 20.2. The summed E-state index contributed by atoms with van der Waals surface area (Å²) in [5, 5.41) is 6.15. The van der Waals surface area contributed by atoms with Gasteiger partial charge in [-0.2, -0.15) is 0 Å². The first-order valence-electron chi connectivity index (χ1n) is 9.33. The van der Waals surface area contributed by atoms with Crippen molar-refractivity contribution in [2.45, 2.75) is 20.0 Å². The molecule has 3 rings (SSSR count). The molecule has 2 aromatic carbocycles. The molecule has 29 heavy (non-hydrogen) atoms. The van der Waals surface area contributed by atoms with Gasteiger partial charge in [0.05, 0.1) is 19.8 Å². The monoisotopic (exact) mass is 391 g/mol. The third-order valence-corrected chi connectivity index (χ3v) is 4.52. The summed E-state index contributed by atoms with van der Waals surface area (Å²) >= 11 is 0. The number of carbonyl (C=O) groups is 1. The highest BCUT2D eigenvalue weighted by Crippen LogP contribution is 2.27. The van der Waals surface area contributed by atoms with Gasteiger partial charge in [0, 0.05) is 19.3 Å². The van der Waals surface area contributed by atoms with E-state index in [9.17, 15) is 4.79 Å². The number of aromatic nitrogens is 1. The Hall–Kier alpha value is -3.54. The predicted molar refractivity (Wildman–Crippen MR) is 113 cm³/mol. The van der Waals surface area contributed by atoms with Crippen molar-refractivity contribution >= 4 is 11.7 Å². The number of aryl methyl sites for hydroxylation is 1.